The molecule has 0 unspecified atom stereocenters. The molecule has 0 bridgehead atoms. The monoisotopic (exact) mass is 293 g/mol. The molecular formula is C16H24FN3O. The number of benzene rings is 1. The predicted octanol–water partition coefficient (Wildman–Crippen LogP) is 3.33. The average molecular weight is 293 g/mol. The number of oxime groups is 1. The van der Waals surface area contributed by atoms with Crippen LogP contribution in [0.25, 0.3) is 0 Å². The van der Waals surface area contributed by atoms with E-state index in [1.54, 1.807) is 6.07 Å². The first-order chi connectivity index (χ1) is 10.0. The van der Waals surface area contributed by atoms with Crippen molar-refractivity contribution >= 4 is 11.5 Å². The van der Waals surface area contributed by atoms with Crippen molar-refractivity contribution in [3.05, 3.63) is 29.6 Å². The summed E-state index contributed by atoms with van der Waals surface area (Å²) in [6.07, 6.45) is 4.62. The SMILES string of the molecule is CC(C)CN(c1cccc(F)c1/C(N)=N/O)C1CCCC1. The summed E-state index contributed by atoms with van der Waals surface area (Å²) in [6.45, 7) is 5.12. The van der Waals surface area contributed by atoms with E-state index < -0.39 is 5.82 Å². The number of hydrogen-bond acceptors (Lipinski definition) is 3. The topological polar surface area (TPSA) is 61.8 Å². The van der Waals surface area contributed by atoms with Crippen LogP contribution in [0.3, 0.4) is 0 Å². The van der Waals surface area contributed by atoms with Gasteiger partial charge in [-0.2, -0.15) is 0 Å². The minimum Gasteiger partial charge on any atom is -0.409 e. The number of amidine groups is 1. The molecule has 0 spiro atoms. The first-order valence-corrected chi connectivity index (χ1v) is 7.57. The van der Waals surface area contributed by atoms with Crippen LogP contribution in [0.5, 0.6) is 0 Å². The Morgan fingerprint density at radius 1 is 1.43 bits per heavy atom. The summed E-state index contributed by atoms with van der Waals surface area (Å²) in [5, 5.41) is 11.9. The first kappa shape index (κ1) is 15.6. The highest BCUT2D eigenvalue weighted by molar-refractivity contribution is 6.02. The third-order valence-electron chi connectivity index (χ3n) is 3.99. The second kappa shape index (κ2) is 6.78. The lowest BCUT2D eigenvalue weighted by Gasteiger charge is -2.34. The van der Waals surface area contributed by atoms with Gasteiger partial charge in [0.1, 0.15) is 5.82 Å². The molecule has 1 aromatic carbocycles. The molecule has 1 aliphatic rings. The molecule has 0 saturated heterocycles. The van der Waals surface area contributed by atoms with Gasteiger partial charge in [-0.15, -0.1) is 0 Å². The van der Waals surface area contributed by atoms with Crippen molar-refractivity contribution in [3.63, 3.8) is 0 Å². The third kappa shape index (κ3) is 3.46. The predicted molar refractivity (Wildman–Crippen MR) is 83.4 cm³/mol. The molecule has 116 valence electrons. The van der Waals surface area contributed by atoms with Gasteiger partial charge in [-0.1, -0.05) is 37.9 Å². The van der Waals surface area contributed by atoms with Crippen molar-refractivity contribution in [2.45, 2.75) is 45.6 Å². The number of halogens is 1. The van der Waals surface area contributed by atoms with Crippen LogP contribution in [-0.2, 0) is 0 Å². The highest BCUT2D eigenvalue weighted by Gasteiger charge is 2.27. The van der Waals surface area contributed by atoms with Crippen molar-refractivity contribution in [1.29, 1.82) is 0 Å². The third-order valence-corrected chi connectivity index (χ3v) is 3.99. The van der Waals surface area contributed by atoms with Gasteiger partial charge in [-0.3, -0.25) is 0 Å². The first-order valence-electron chi connectivity index (χ1n) is 7.57. The van der Waals surface area contributed by atoms with Gasteiger partial charge >= 0.3 is 0 Å². The Morgan fingerprint density at radius 3 is 2.67 bits per heavy atom. The highest BCUT2D eigenvalue weighted by atomic mass is 19.1. The van der Waals surface area contributed by atoms with Crippen LogP contribution in [0, 0.1) is 11.7 Å². The Balaban J connectivity index is 2.46. The Morgan fingerprint density at radius 2 is 2.10 bits per heavy atom. The van der Waals surface area contributed by atoms with E-state index in [-0.39, 0.29) is 11.4 Å². The van der Waals surface area contributed by atoms with Crippen LogP contribution >= 0.6 is 0 Å². The molecule has 1 aromatic rings. The summed E-state index contributed by atoms with van der Waals surface area (Å²) < 4.78 is 14.2. The zero-order chi connectivity index (χ0) is 15.4. The molecule has 0 aliphatic heterocycles. The molecule has 3 N–H and O–H groups in total. The van der Waals surface area contributed by atoms with E-state index in [0.29, 0.717) is 12.0 Å². The number of anilines is 1. The lowest BCUT2D eigenvalue weighted by atomic mass is 10.0. The van der Waals surface area contributed by atoms with Crippen molar-refractivity contribution in [2.24, 2.45) is 16.8 Å². The standard InChI is InChI=1S/C16H24FN3O/c1-11(2)10-20(12-6-3-4-7-12)14-9-5-8-13(17)15(14)16(18)19-21/h5,8-9,11-12,21H,3-4,6-7,10H2,1-2H3,(H2,18,19). The lowest BCUT2D eigenvalue weighted by molar-refractivity contribution is 0.318. The van der Waals surface area contributed by atoms with Crippen LogP contribution in [0.2, 0.25) is 0 Å². The van der Waals surface area contributed by atoms with Gasteiger partial charge in [0.25, 0.3) is 0 Å². The van der Waals surface area contributed by atoms with Gasteiger partial charge in [0.2, 0.25) is 0 Å². The number of nitrogens with zero attached hydrogens (tertiary/aromatic N) is 2. The van der Waals surface area contributed by atoms with Crippen LogP contribution in [0.15, 0.2) is 23.4 Å². The second-order valence-electron chi connectivity index (χ2n) is 6.10. The smallest absolute Gasteiger partial charge is 0.175 e. The molecule has 0 radical (unpaired) electrons. The molecule has 4 nitrogen and oxygen atoms in total. The van der Waals surface area contributed by atoms with Gasteiger partial charge in [-0.05, 0) is 30.9 Å². The normalized spacial score (nSPS) is 16.7. The summed E-state index contributed by atoms with van der Waals surface area (Å²) in [5.74, 6) is -0.168. The molecule has 0 amide bonds. The number of hydrogen-bond donors (Lipinski definition) is 2. The van der Waals surface area contributed by atoms with Gasteiger partial charge in [0.15, 0.2) is 5.84 Å². The van der Waals surface area contributed by atoms with Gasteiger partial charge < -0.3 is 15.8 Å². The van der Waals surface area contributed by atoms with Crippen LogP contribution < -0.4 is 10.6 Å². The Hall–Kier alpha value is -1.78. The lowest BCUT2D eigenvalue weighted by Crippen LogP contribution is -2.38. The summed E-state index contributed by atoms with van der Waals surface area (Å²) in [6, 6.07) is 5.29. The molecule has 0 aromatic heterocycles. The minimum absolute atomic E-state index is 0.171. The summed E-state index contributed by atoms with van der Waals surface area (Å²) in [4.78, 5) is 2.23. The van der Waals surface area contributed by atoms with Crippen LogP contribution in [0.4, 0.5) is 10.1 Å². The molecule has 0 heterocycles. The van der Waals surface area contributed by atoms with E-state index in [4.69, 9.17) is 10.9 Å². The molecule has 2 rings (SSSR count). The average Bonchev–Trinajstić information content (AvgIpc) is 2.97. The van der Waals surface area contributed by atoms with Crippen molar-refractivity contribution in [1.82, 2.24) is 0 Å². The highest BCUT2D eigenvalue weighted by Crippen LogP contribution is 2.32. The molecule has 21 heavy (non-hydrogen) atoms. The maximum absolute atomic E-state index is 14.2. The van der Waals surface area contributed by atoms with Crippen LogP contribution in [0.1, 0.15) is 45.1 Å². The minimum atomic E-state index is -0.449. The van der Waals surface area contributed by atoms with E-state index in [2.05, 4.69) is 23.9 Å². The molecular weight excluding hydrogens is 269 g/mol. The molecule has 1 aliphatic carbocycles. The zero-order valence-electron chi connectivity index (χ0n) is 12.7. The van der Waals surface area contributed by atoms with Crippen molar-refractivity contribution in [3.8, 4) is 0 Å². The number of nitrogens with two attached hydrogens (primary N) is 1. The maximum atomic E-state index is 14.2. The van der Waals surface area contributed by atoms with Crippen LogP contribution in [-0.4, -0.2) is 23.6 Å². The van der Waals surface area contributed by atoms with E-state index in [0.717, 1.165) is 25.1 Å². The Bertz CT molecular complexity index is 510. The summed E-state index contributed by atoms with van der Waals surface area (Å²) in [7, 11) is 0. The Kier molecular flexibility index (Phi) is 5.04. The van der Waals surface area contributed by atoms with E-state index in [1.807, 2.05) is 6.07 Å². The largest absolute Gasteiger partial charge is 0.409 e. The van der Waals surface area contributed by atoms with Crippen molar-refractivity contribution < 1.29 is 9.60 Å². The van der Waals surface area contributed by atoms with E-state index >= 15 is 0 Å². The quantitative estimate of drug-likeness (QED) is 0.379. The fourth-order valence-electron chi connectivity index (χ4n) is 3.11. The second-order valence-corrected chi connectivity index (χ2v) is 6.10. The molecule has 5 heteroatoms. The molecule has 1 fully saturated rings. The zero-order valence-corrected chi connectivity index (χ0v) is 12.7. The number of rotatable bonds is 5. The van der Waals surface area contributed by atoms with Gasteiger partial charge in [0, 0.05) is 12.6 Å². The van der Waals surface area contributed by atoms with Gasteiger partial charge in [-0.25, -0.2) is 4.39 Å². The van der Waals surface area contributed by atoms with E-state index in [9.17, 15) is 4.39 Å². The maximum Gasteiger partial charge on any atom is 0.175 e. The molecule has 0 atom stereocenters. The molecule has 1 saturated carbocycles. The fourth-order valence-corrected chi connectivity index (χ4v) is 3.11. The fraction of sp³-hybridized carbons (Fsp3) is 0.562. The van der Waals surface area contributed by atoms with Crippen molar-refractivity contribution in [2.75, 3.05) is 11.4 Å². The van der Waals surface area contributed by atoms with E-state index in [1.165, 1.54) is 18.9 Å². The summed E-state index contributed by atoms with van der Waals surface area (Å²) >= 11 is 0. The summed E-state index contributed by atoms with van der Waals surface area (Å²) in [5.41, 5.74) is 6.63. The Labute approximate surface area is 125 Å². The van der Waals surface area contributed by atoms with Gasteiger partial charge in [0.05, 0.1) is 11.3 Å².